The molecule has 1 saturated heterocycles. The number of benzene rings is 2. The van der Waals surface area contributed by atoms with Crippen molar-refractivity contribution < 1.29 is 23.5 Å². The van der Waals surface area contributed by atoms with Crippen LogP contribution in [0, 0.1) is 11.7 Å². The number of fused-ring (bicyclic) bond motifs is 3. The van der Waals surface area contributed by atoms with Gasteiger partial charge in [-0.3, -0.25) is 4.79 Å². The Hall–Kier alpha value is -3.62. The molecule has 3 atom stereocenters. The van der Waals surface area contributed by atoms with Crippen molar-refractivity contribution in [2.45, 2.75) is 58.6 Å². The van der Waals surface area contributed by atoms with E-state index in [1.54, 1.807) is 17.0 Å². The molecule has 3 heterocycles. The minimum atomic E-state index is -0.565. The van der Waals surface area contributed by atoms with Crippen LogP contribution in [-0.2, 0) is 9.53 Å². The summed E-state index contributed by atoms with van der Waals surface area (Å²) in [5.74, 6) is 0.833. The summed E-state index contributed by atoms with van der Waals surface area (Å²) in [6, 6.07) is 10.2. The Balaban J connectivity index is 1.56. The number of hydrazone groups is 1. The number of anilines is 1. The van der Waals surface area contributed by atoms with E-state index in [1.165, 1.54) is 6.07 Å². The van der Waals surface area contributed by atoms with Crippen molar-refractivity contribution in [3.05, 3.63) is 47.8 Å². The third-order valence-electron chi connectivity index (χ3n) is 7.21. The molecule has 2 aromatic rings. The van der Waals surface area contributed by atoms with Crippen molar-refractivity contribution in [1.82, 2.24) is 10.3 Å². The van der Waals surface area contributed by atoms with Crippen LogP contribution >= 0.6 is 0 Å². The van der Waals surface area contributed by atoms with E-state index in [2.05, 4.69) is 17.5 Å². The number of ether oxygens (including phenoxy) is 2. The van der Waals surface area contributed by atoms with Crippen LogP contribution in [0.4, 0.5) is 14.9 Å². The standard InChI is InChI=1S/C28H33FN4O4/c1-16-14-32(27(35)37-28(3,4)5)11-10-18(16)20-12-23-24(13-21(20)19-8-6-7-9-22(19)29)36-15-25-30-31-26(34)17(2)33(23)25/h6-9,12-13,16-18H,10-11,14-15H2,1-5H3,(H,31,34). The maximum atomic E-state index is 15.1. The van der Waals surface area contributed by atoms with Gasteiger partial charge in [0, 0.05) is 18.7 Å². The van der Waals surface area contributed by atoms with Gasteiger partial charge in [0.05, 0.1) is 5.69 Å². The number of carbonyl (C=O) groups is 2. The molecule has 9 heteroatoms. The van der Waals surface area contributed by atoms with E-state index < -0.39 is 11.6 Å². The summed E-state index contributed by atoms with van der Waals surface area (Å²) in [5, 5.41) is 4.19. The quantitative estimate of drug-likeness (QED) is 0.625. The van der Waals surface area contributed by atoms with E-state index in [4.69, 9.17) is 9.47 Å². The predicted octanol–water partition coefficient (Wildman–Crippen LogP) is 4.88. The van der Waals surface area contributed by atoms with Gasteiger partial charge in [0.1, 0.15) is 29.8 Å². The summed E-state index contributed by atoms with van der Waals surface area (Å²) in [5.41, 5.74) is 4.94. The molecule has 1 N–H and O–H groups in total. The maximum Gasteiger partial charge on any atom is 0.410 e. The van der Waals surface area contributed by atoms with Gasteiger partial charge in [0.25, 0.3) is 5.91 Å². The van der Waals surface area contributed by atoms with Crippen molar-refractivity contribution in [1.29, 1.82) is 0 Å². The molecule has 8 nitrogen and oxygen atoms in total. The molecule has 0 aromatic heterocycles. The second-order valence-electron chi connectivity index (χ2n) is 11.0. The fourth-order valence-corrected chi connectivity index (χ4v) is 5.41. The first-order chi connectivity index (χ1) is 17.5. The number of halogens is 1. The van der Waals surface area contributed by atoms with E-state index in [9.17, 15) is 9.59 Å². The predicted molar refractivity (Wildman–Crippen MR) is 139 cm³/mol. The zero-order valence-corrected chi connectivity index (χ0v) is 21.9. The van der Waals surface area contributed by atoms with Gasteiger partial charge in [-0.25, -0.2) is 14.6 Å². The number of nitrogens with zero attached hydrogens (tertiary/aromatic N) is 3. The molecule has 2 amide bonds. The highest BCUT2D eigenvalue weighted by molar-refractivity contribution is 6.09. The molecule has 1 fully saturated rings. The molecule has 0 spiro atoms. The SMILES string of the molecule is CC1CN(C(=O)OC(C)(C)C)CCC1c1cc2c(cc1-c1ccccc1F)OCC1=NNC(=O)C(C)N12. The third kappa shape index (κ3) is 4.74. The van der Waals surface area contributed by atoms with Crippen LogP contribution in [0.5, 0.6) is 5.75 Å². The third-order valence-corrected chi connectivity index (χ3v) is 7.21. The van der Waals surface area contributed by atoms with Crippen LogP contribution in [-0.4, -0.2) is 54.1 Å². The molecule has 0 radical (unpaired) electrons. The van der Waals surface area contributed by atoms with E-state index in [0.717, 1.165) is 16.8 Å². The van der Waals surface area contributed by atoms with Gasteiger partial charge < -0.3 is 19.3 Å². The van der Waals surface area contributed by atoms with Crippen molar-refractivity contribution >= 4 is 23.5 Å². The Kier molecular flexibility index (Phi) is 6.33. The van der Waals surface area contributed by atoms with Crippen molar-refractivity contribution in [2.24, 2.45) is 11.0 Å². The average molecular weight is 509 g/mol. The summed E-state index contributed by atoms with van der Waals surface area (Å²) in [6.07, 6.45) is 0.373. The lowest BCUT2D eigenvalue weighted by Crippen LogP contribution is -2.55. The normalized spacial score (nSPS) is 23.4. The molecule has 0 saturated carbocycles. The maximum absolute atomic E-state index is 15.1. The van der Waals surface area contributed by atoms with Gasteiger partial charge in [-0.1, -0.05) is 25.1 Å². The van der Waals surface area contributed by atoms with E-state index >= 15 is 4.39 Å². The molecule has 0 aliphatic carbocycles. The van der Waals surface area contributed by atoms with E-state index in [-0.39, 0.29) is 36.3 Å². The molecular formula is C28H33FN4O4. The fourth-order valence-electron chi connectivity index (χ4n) is 5.41. The highest BCUT2D eigenvalue weighted by Gasteiger charge is 2.38. The molecule has 37 heavy (non-hydrogen) atoms. The minimum Gasteiger partial charge on any atom is -0.483 e. The topological polar surface area (TPSA) is 83.5 Å². The first-order valence-electron chi connectivity index (χ1n) is 12.7. The lowest BCUT2D eigenvalue weighted by Gasteiger charge is -2.41. The number of carbonyl (C=O) groups excluding carboxylic acids is 2. The molecule has 0 bridgehead atoms. The van der Waals surface area contributed by atoms with Gasteiger partial charge in [0.2, 0.25) is 0 Å². The fraction of sp³-hybridized carbons (Fsp3) is 0.464. The van der Waals surface area contributed by atoms with E-state index in [0.29, 0.717) is 36.7 Å². The molecule has 2 aromatic carbocycles. The van der Waals surface area contributed by atoms with Gasteiger partial charge in [-0.05, 0) is 75.3 Å². The Bertz CT molecular complexity index is 1270. The summed E-state index contributed by atoms with van der Waals surface area (Å²) >= 11 is 0. The molecular weight excluding hydrogens is 475 g/mol. The Morgan fingerprint density at radius 3 is 2.65 bits per heavy atom. The molecule has 3 aliphatic heterocycles. The highest BCUT2D eigenvalue weighted by Crippen LogP contribution is 2.46. The largest absolute Gasteiger partial charge is 0.483 e. The lowest BCUT2D eigenvalue weighted by atomic mass is 9.78. The van der Waals surface area contributed by atoms with Crippen LogP contribution < -0.4 is 15.1 Å². The van der Waals surface area contributed by atoms with Gasteiger partial charge in [-0.15, -0.1) is 0 Å². The van der Waals surface area contributed by atoms with Crippen molar-refractivity contribution in [3.63, 3.8) is 0 Å². The molecule has 196 valence electrons. The van der Waals surface area contributed by atoms with Gasteiger partial charge in [-0.2, -0.15) is 5.10 Å². The number of amides is 2. The Labute approximate surface area is 216 Å². The summed E-state index contributed by atoms with van der Waals surface area (Å²) in [7, 11) is 0. The van der Waals surface area contributed by atoms with Gasteiger partial charge in [0.15, 0.2) is 5.84 Å². The number of piperidine rings is 1. The van der Waals surface area contributed by atoms with Gasteiger partial charge >= 0.3 is 6.09 Å². The first-order valence-corrected chi connectivity index (χ1v) is 12.7. The second-order valence-corrected chi connectivity index (χ2v) is 11.0. The number of rotatable bonds is 2. The molecule has 5 rings (SSSR count). The number of hydrogen-bond acceptors (Lipinski definition) is 6. The number of nitrogens with one attached hydrogen (secondary N) is 1. The smallest absolute Gasteiger partial charge is 0.410 e. The Morgan fingerprint density at radius 2 is 1.95 bits per heavy atom. The summed E-state index contributed by atoms with van der Waals surface area (Å²) in [6.45, 7) is 10.8. The summed E-state index contributed by atoms with van der Waals surface area (Å²) < 4.78 is 26.7. The number of hydrogen-bond donors (Lipinski definition) is 1. The van der Waals surface area contributed by atoms with Crippen LogP contribution in [0.1, 0.15) is 52.5 Å². The molecule has 3 unspecified atom stereocenters. The van der Waals surface area contributed by atoms with Crippen LogP contribution in [0.15, 0.2) is 41.5 Å². The van der Waals surface area contributed by atoms with Crippen LogP contribution in [0.2, 0.25) is 0 Å². The monoisotopic (exact) mass is 508 g/mol. The number of amidine groups is 1. The first kappa shape index (κ1) is 25.0. The van der Waals surface area contributed by atoms with Crippen molar-refractivity contribution in [2.75, 3.05) is 24.6 Å². The number of likely N-dealkylation sites (tertiary alicyclic amines) is 1. The van der Waals surface area contributed by atoms with Crippen LogP contribution in [0.3, 0.4) is 0 Å². The second kappa shape index (κ2) is 9.36. The zero-order chi connectivity index (χ0) is 26.5. The van der Waals surface area contributed by atoms with E-state index in [1.807, 2.05) is 50.8 Å². The minimum absolute atomic E-state index is 0.0508. The Morgan fingerprint density at radius 1 is 1.19 bits per heavy atom. The zero-order valence-electron chi connectivity index (χ0n) is 21.9. The highest BCUT2D eigenvalue weighted by atomic mass is 19.1. The van der Waals surface area contributed by atoms with Crippen molar-refractivity contribution in [3.8, 4) is 16.9 Å². The molecule has 3 aliphatic rings. The lowest BCUT2D eigenvalue weighted by molar-refractivity contribution is -0.122. The average Bonchev–Trinajstić information content (AvgIpc) is 2.84. The van der Waals surface area contributed by atoms with Crippen LogP contribution in [0.25, 0.3) is 11.1 Å². The summed E-state index contributed by atoms with van der Waals surface area (Å²) in [4.78, 5) is 28.8.